The summed E-state index contributed by atoms with van der Waals surface area (Å²) in [5.74, 6) is 2.15. The maximum Gasteiger partial charge on any atom is 0.211 e. The summed E-state index contributed by atoms with van der Waals surface area (Å²) in [5, 5.41) is 3.58. The van der Waals surface area contributed by atoms with Gasteiger partial charge < -0.3 is 5.32 Å². The monoisotopic (exact) mass is 316 g/mol. The number of piperidine rings is 1. The maximum atomic E-state index is 11.7. The smallest absolute Gasteiger partial charge is 0.211 e. The molecule has 0 radical (unpaired) electrons. The van der Waals surface area contributed by atoms with Gasteiger partial charge in [-0.25, -0.2) is 12.7 Å². The summed E-state index contributed by atoms with van der Waals surface area (Å²) in [6.45, 7) is 7.01. The van der Waals surface area contributed by atoms with Crippen molar-refractivity contribution in [2.45, 2.75) is 58.4 Å². The second kappa shape index (κ2) is 7.42. The lowest BCUT2D eigenvalue weighted by atomic mass is 9.83. The average Bonchev–Trinajstić information content (AvgIpc) is 2.83. The number of sulfonamides is 1. The molecule has 0 bridgehead atoms. The van der Waals surface area contributed by atoms with Gasteiger partial charge in [-0.05, 0) is 50.0 Å². The summed E-state index contributed by atoms with van der Waals surface area (Å²) in [6, 6.07) is 0.557. The number of nitrogens with one attached hydrogen (secondary N) is 1. The Hall–Kier alpha value is -0.130. The van der Waals surface area contributed by atoms with Crippen molar-refractivity contribution in [3.63, 3.8) is 0 Å². The first-order chi connectivity index (χ1) is 9.86. The second-order valence-corrected chi connectivity index (χ2v) is 9.36. The van der Waals surface area contributed by atoms with E-state index in [1.165, 1.54) is 38.4 Å². The van der Waals surface area contributed by atoms with Crippen LogP contribution in [0.25, 0.3) is 0 Å². The van der Waals surface area contributed by atoms with E-state index < -0.39 is 10.0 Å². The van der Waals surface area contributed by atoms with Crippen molar-refractivity contribution in [2.75, 3.05) is 25.9 Å². The molecule has 21 heavy (non-hydrogen) atoms. The van der Waals surface area contributed by atoms with Crippen molar-refractivity contribution in [3.8, 4) is 0 Å². The molecule has 0 spiro atoms. The normalized spacial score (nSPS) is 31.9. The van der Waals surface area contributed by atoms with Gasteiger partial charge in [-0.2, -0.15) is 0 Å². The van der Waals surface area contributed by atoms with Gasteiger partial charge in [0.15, 0.2) is 0 Å². The maximum absolute atomic E-state index is 11.7. The van der Waals surface area contributed by atoms with Crippen LogP contribution in [0.15, 0.2) is 0 Å². The van der Waals surface area contributed by atoms with Crippen LogP contribution in [0.4, 0.5) is 0 Å². The van der Waals surface area contributed by atoms with Gasteiger partial charge in [0, 0.05) is 19.1 Å². The van der Waals surface area contributed by atoms with Crippen molar-refractivity contribution in [1.29, 1.82) is 0 Å². The zero-order valence-electron chi connectivity index (χ0n) is 13.8. The Bertz CT molecular complexity index is 422. The minimum absolute atomic E-state index is 0.557. The molecule has 1 saturated carbocycles. The van der Waals surface area contributed by atoms with E-state index in [0.29, 0.717) is 12.0 Å². The molecular weight excluding hydrogens is 284 g/mol. The van der Waals surface area contributed by atoms with Crippen LogP contribution in [0, 0.1) is 17.8 Å². The molecule has 3 unspecified atom stereocenters. The molecule has 5 heteroatoms. The fourth-order valence-electron chi connectivity index (χ4n) is 4.03. The van der Waals surface area contributed by atoms with Crippen LogP contribution in [0.2, 0.25) is 0 Å². The summed E-state index contributed by atoms with van der Waals surface area (Å²) in [6.07, 6.45) is 8.81. The quantitative estimate of drug-likeness (QED) is 0.819. The van der Waals surface area contributed by atoms with Crippen LogP contribution in [0.5, 0.6) is 0 Å². The van der Waals surface area contributed by atoms with Crippen LogP contribution in [-0.4, -0.2) is 44.7 Å². The lowest BCUT2D eigenvalue weighted by molar-refractivity contribution is 0.209. The molecule has 4 nitrogen and oxygen atoms in total. The van der Waals surface area contributed by atoms with Gasteiger partial charge in [0.2, 0.25) is 10.0 Å². The van der Waals surface area contributed by atoms with E-state index in [-0.39, 0.29) is 0 Å². The zero-order chi connectivity index (χ0) is 15.5. The number of rotatable bonds is 6. The first kappa shape index (κ1) is 17.2. The first-order valence-corrected chi connectivity index (χ1v) is 10.4. The van der Waals surface area contributed by atoms with Gasteiger partial charge >= 0.3 is 0 Å². The van der Waals surface area contributed by atoms with Crippen molar-refractivity contribution in [3.05, 3.63) is 0 Å². The number of nitrogens with zero attached hydrogens (tertiary/aromatic N) is 1. The molecule has 0 aromatic rings. The summed E-state index contributed by atoms with van der Waals surface area (Å²) < 4.78 is 25.1. The zero-order valence-corrected chi connectivity index (χ0v) is 14.7. The van der Waals surface area contributed by atoms with Crippen molar-refractivity contribution < 1.29 is 8.42 Å². The highest BCUT2D eigenvalue weighted by Gasteiger charge is 2.32. The van der Waals surface area contributed by atoms with E-state index in [4.69, 9.17) is 0 Å². The van der Waals surface area contributed by atoms with Crippen LogP contribution in [0.1, 0.15) is 52.4 Å². The SMILES string of the molecule is CC(C)NCC1CCCC1CC1CCCN(S(C)(=O)=O)C1. The molecule has 2 fully saturated rings. The molecule has 2 aliphatic rings. The molecule has 1 aliphatic heterocycles. The van der Waals surface area contributed by atoms with Crippen LogP contribution >= 0.6 is 0 Å². The molecule has 2 rings (SSSR count). The number of hydrogen-bond donors (Lipinski definition) is 1. The summed E-state index contributed by atoms with van der Waals surface area (Å²) in [5.41, 5.74) is 0. The van der Waals surface area contributed by atoms with Gasteiger partial charge in [-0.15, -0.1) is 0 Å². The molecular formula is C16H32N2O2S. The van der Waals surface area contributed by atoms with Crippen LogP contribution in [0.3, 0.4) is 0 Å². The van der Waals surface area contributed by atoms with Crippen molar-refractivity contribution >= 4 is 10.0 Å². The standard InChI is InChI=1S/C16H32N2O2S/c1-13(2)17-11-16-8-4-7-15(16)10-14-6-5-9-18(12-14)21(3,19)20/h13-17H,4-12H2,1-3H3. The van der Waals surface area contributed by atoms with Gasteiger partial charge in [0.05, 0.1) is 6.26 Å². The van der Waals surface area contributed by atoms with Crippen LogP contribution < -0.4 is 5.32 Å². The van der Waals surface area contributed by atoms with E-state index >= 15 is 0 Å². The van der Waals surface area contributed by atoms with E-state index in [1.807, 2.05) is 0 Å². The fourth-order valence-corrected chi connectivity index (χ4v) is 4.97. The van der Waals surface area contributed by atoms with Gasteiger partial charge in [-0.1, -0.05) is 26.7 Å². The Morgan fingerprint density at radius 3 is 2.52 bits per heavy atom. The molecule has 1 heterocycles. The summed E-state index contributed by atoms with van der Waals surface area (Å²) in [4.78, 5) is 0. The Morgan fingerprint density at radius 2 is 1.86 bits per heavy atom. The van der Waals surface area contributed by atoms with Crippen molar-refractivity contribution in [2.24, 2.45) is 17.8 Å². The Morgan fingerprint density at radius 1 is 1.14 bits per heavy atom. The molecule has 3 atom stereocenters. The summed E-state index contributed by atoms with van der Waals surface area (Å²) >= 11 is 0. The van der Waals surface area contributed by atoms with Crippen molar-refractivity contribution in [1.82, 2.24) is 9.62 Å². The first-order valence-electron chi connectivity index (χ1n) is 8.54. The van der Waals surface area contributed by atoms with E-state index in [9.17, 15) is 8.42 Å². The highest BCUT2D eigenvalue weighted by molar-refractivity contribution is 7.88. The average molecular weight is 317 g/mol. The minimum atomic E-state index is -3.01. The molecule has 124 valence electrons. The number of hydrogen-bond acceptors (Lipinski definition) is 3. The van der Waals surface area contributed by atoms with E-state index in [2.05, 4.69) is 19.2 Å². The Kier molecular flexibility index (Phi) is 6.09. The summed E-state index contributed by atoms with van der Waals surface area (Å²) in [7, 11) is -3.01. The van der Waals surface area contributed by atoms with Crippen LogP contribution in [-0.2, 0) is 10.0 Å². The minimum Gasteiger partial charge on any atom is -0.314 e. The predicted octanol–water partition coefficient (Wildman–Crippen LogP) is 2.46. The van der Waals surface area contributed by atoms with Gasteiger partial charge in [-0.3, -0.25) is 0 Å². The van der Waals surface area contributed by atoms with Gasteiger partial charge in [0.1, 0.15) is 0 Å². The van der Waals surface area contributed by atoms with Gasteiger partial charge in [0.25, 0.3) is 0 Å². The molecule has 1 N–H and O–H groups in total. The lowest BCUT2D eigenvalue weighted by Crippen LogP contribution is -2.40. The molecule has 1 saturated heterocycles. The second-order valence-electron chi connectivity index (χ2n) is 7.38. The fraction of sp³-hybridized carbons (Fsp3) is 1.00. The lowest BCUT2D eigenvalue weighted by Gasteiger charge is -2.33. The largest absolute Gasteiger partial charge is 0.314 e. The van der Waals surface area contributed by atoms with E-state index in [1.54, 1.807) is 4.31 Å². The van der Waals surface area contributed by atoms with E-state index in [0.717, 1.165) is 37.9 Å². The third kappa shape index (κ3) is 5.22. The Labute approximate surface area is 130 Å². The predicted molar refractivity (Wildman–Crippen MR) is 87.7 cm³/mol. The molecule has 1 aliphatic carbocycles. The highest BCUT2D eigenvalue weighted by atomic mass is 32.2. The molecule has 0 aromatic carbocycles. The molecule has 0 aromatic heterocycles. The Balaban J connectivity index is 1.85. The topological polar surface area (TPSA) is 49.4 Å². The molecule has 0 amide bonds. The third-order valence-corrected chi connectivity index (χ3v) is 6.46. The highest BCUT2D eigenvalue weighted by Crippen LogP contribution is 2.38. The third-order valence-electron chi connectivity index (χ3n) is 5.19.